The smallest absolute Gasteiger partial charge is 0.270 e. The zero-order chi connectivity index (χ0) is 26.0. The maximum atomic E-state index is 14.2. The predicted octanol–water partition coefficient (Wildman–Crippen LogP) is 6.68. The number of nitrogen functional groups attached to an aromatic ring is 1. The molecular weight excluding hydrogens is 539 g/mol. The van der Waals surface area contributed by atoms with Crippen molar-refractivity contribution in [3.63, 3.8) is 0 Å². The lowest BCUT2D eigenvalue weighted by atomic mass is 9.84. The maximum absolute atomic E-state index is 14.2. The van der Waals surface area contributed by atoms with Crippen LogP contribution in [0.15, 0.2) is 59.7 Å². The number of anilines is 1. The number of benzene rings is 2. The second-order valence-electron chi connectivity index (χ2n) is 9.14. The van der Waals surface area contributed by atoms with Gasteiger partial charge in [-0.2, -0.15) is 4.98 Å². The Labute approximate surface area is 230 Å². The van der Waals surface area contributed by atoms with Crippen molar-refractivity contribution in [3.05, 3.63) is 92.1 Å². The summed E-state index contributed by atoms with van der Waals surface area (Å²) >= 11 is 13.6. The van der Waals surface area contributed by atoms with Crippen molar-refractivity contribution in [2.75, 3.05) is 5.73 Å². The highest BCUT2D eigenvalue weighted by atomic mass is 35.5. The summed E-state index contributed by atoms with van der Waals surface area (Å²) in [4.78, 5) is 32.9. The van der Waals surface area contributed by atoms with Gasteiger partial charge in [-0.05, 0) is 71.9 Å². The van der Waals surface area contributed by atoms with E-state index in [1.54, 1.807) is 0 Å². The molecule has 0 unspecified atom stereocenters. The first-order chi connectivity index (χ1) is 18.5. The Morgan fingerprint density at radius 1 is 0.947 bits per heavy atom. The molecule has 10 heteroatoms. The highest BCUT2D eigenvalue weighted by Crippen LogP contribution is 2.40. The number of fused-ring (bicyclic) bond motifs is 5. The molecule has 0 spiro atoms. The number of thiazole rings is 1. The van der Waals surface area contributed by atoms with Crippen LogP contribution < -0.4 is 11.3 Å². The summed E-state index contributed by atoms with van der Waals surface area (Å²) in [5.41, 5.74) is 12.4. The normalized spacial score (nSPS) is 14.5. The molecule has 7 rings (SSSR count). The fourth-order valence-electron chi connectivity index (χ4n) is 5.13. The number of pyridine rings is 1. The maximum Gasteiger partial charge on any atom is 0.270 e. The van der Waals surface area contributed by atoms with Crippen LogP contribution in [-0.2, 0) is 6.42 Å². The summed E-state index contributed by atoms with van der Waals surface area (Å²) in [5.74, 6) is 0.312. The predicted molar refractivity (Wildman–Crippen MR) is 155 cm³/mol. The van der Waals surface area contributed by atoms with Crippen LogP contribution in [0.5, 0.6) is 0 Å². The van der Waals surface area contributed by atoms with Crippen molar-refractivity contribution in [2.45, 2.75) is 19.3 Å². The first kappa shape index (κ1) is 23.3. The van der Waals surface area contributed by atoms with Gasteiger partial charge >= 0.3 is 0 Å². The molecule has 38 heavy (non-hydrogen) atoms. The Kier molecular flexibility index (Phi) is 5.43. The molecule has 2 N–H and O–H groups in total. The fraction of sp³-hybridized carbons (Fsp3) is 0.107. The number of hydrogen-bond donors (Lipinski definition) is 1. The average Bonchev–Trinajstić information content (AvgIpc) is 3.30. The molecule has 1 aliphatic rings. The van der Waals surface area contributed by atoms with Crippen LogP contribution in [0.3, 0.4) is 0 Å². The fourth-order valence-corrected chi connectivity index (χ4v) is 6.35. The Bertz CT molecular complexity index is 2000. The van der Waals surface area contributed by atoms with Crippen LogP contribution in [0.4, 0.5) is 5.82 Å². The highest BCUT2D eigenvalue weighted by Gasteiger charge is 2.26. The first-order valence-corrected chi connectivity index (χ1v) is 13.6. The molecule has 0 aliphatic heterocycles. The Hall–Kier alpha value is -3.85. The molecule has 6 aromatic rings. The van der Waals surface area contributed by atoms with Crippen molar-refractivity contribution in [2.24, 2.45) is 0 Å². The summed E-state index contributed by atoms with van der Waals surface area (Å²) in [5, 5.41) is 1.76. The second kappa shape index (κ2) is 8.87. The van der Waals surface area contributed by atoms with E-state index in [0.717, 1.165) is 52.8 Å². The number of allylic oxidation sites excluding steroid dienone is 1. The summed E-state index contributed by atoms with van der Waals surface area (Å²) in [6, 6.07) is 15.3. The van der Waals surface area contributed by atoms with Gasteiger partial charge in [-0.15, -0.1) is 0 Å². The third kappa shape index (κ3) is 3.67. The number of nitrogens with zero attached hydrogens (tertiary/aromatic N) is 5. The molecule has 186 valence electrons. The molecule has 1 aliphatic carbocycles. The van der Waals surface area contributed by atoms with Gasteiger partial charge in [0.25, 0.3) is 5.56 Å². The number of hydrogen-bond acceptors (Lipinski definition) is 7. The van der Waals surface area contributed by atoms with E-state index in [4.69, 9.17) is 38.9 Å². The van der Waals surface area contributed by atoms with Gasteiger partial charge in [-0.25, -0.2) is 19.4 Å². The van der Waals surface area contributed by atoms with Gasteiger partial charge < -0.3 is 5.73 Å². The number of halogens is 2. The third-order valence-electron chi connectivity index (χ3n) is 6.83. The van der Waals surface area contributed by atoms with Gasteiger partial charge in [0.15, 0.2) is 11.3 Å². The zero-order valence-electron chi connectivity index (χ0n) is 19.8. The van der Waals surface area contributed by atoms with Crippen LogP contribution in [0.2, 0.25) is 10.0 Å². The Morgan fingerprint density at radius 3 is 2.45 bits per heavy atom. The Balaban J connectivity index is 1.60. The molecule has 0 saturated heterocycles. The zero-order valence-corrected chi connectivity index (χ0v) is 22.1. The van der Waals surface area contributed by atoms with Crippen molar-refractivity contribution >= 4 is 78.3 Å². The molecule has 4 aromatic heterocycles. The number of aromatic nitrogens is 5. The lowest BCUT2D eigenvalue weighted by Crippen LogP contribution is -2.18. The van der Waals surface area contributed by atoms with Crippen LogP contribution in [0.1, 0.15) is 29.7 Å². The SMILES string of the molecule is Nc1ncnc2c1sc1nc3nc4c(c(-c5ccc(Cl)cc5)c3c(=O)n12)CCC/C4=C\c1ccc(Cl)cc1. The van der Waals surface area contributed by atoms with Crippen molar-refractivity contribution in [3.8, 4) is 11.1 Å². The van der Waals surface area contributed by atoms with Gasteiger partial charge in [-0.1, -0.05) is 58.8 Å². The van der Waals surface area contributed by atoms with Crippen LogP contribution in [0, 0.1) is 0 Å². The largest absolute Gasteiger partial charge is 0.382 e. The number of nitrogens with two attached hydrogens (primary N) is 1. The van der Waals surface area contributed by atoms with E-state index < -0.39 is 0 Å². The summed E-state index contributed by atoms with van der Waals surface area (Å²) in [6.45, 7) is 0. The molecule has 0 bridgehead atoms. The third-order valence-corrected chi connectivity index (χ3v) is 8.38. The highest BCUT2D eigenvalue weighted by molar-refractivity contribution is 7.24. The standard InChI is InChI=1S/C28H18Cl2N6OS/c29-17-8-4-14(5-9-17)12-16-2-1-3-19-20(15-6-10-18(30)11-7-15)21-25(34-22(16)19)35-28-36(27(21)37)26-23(38-28)24(31)32-13-33-26/h4-13H,1-3H2,(H2,31,32,33)/b16-12+. The van der Waals surface area contributed by atoms with E-state index in [9.17, 15) is 4.79 Å². The molecule has 0 fully saturated rings. The summed E-state index contributed by atoms with van der Waals surface area (Å²) in [7, 11) is 0. The minimum Gasteiger partial charge on any atom is -0.382 e. The van der Waals surface area contributed by atoms with E-state index in [0.29, 0.717) is 42.2 Å². The molecule has 0 amide bonds. The van der Waals surface area contributed by atoms with Gasteiger partial charge in [0.05, 0.1) is 11.1 Å². The van der Waals surface area contributed by atoms with Gasteiger partial charge in [0, 0.05) is 15.6 Å². The van der Waals surface area contributed by atoms with E-state index >= 15 is 0 Å². The second-order valence-corrected chi connectivity index (χ2v) is 11.0. The van der Waals surface area contributed by atoms with Crippen LogP contribution in [-0.4, -0.2) is 24.3 Å². The molecule has 4 heterocycles. The molecule has 0 atom stereocenters. The monoisotopic (exact) mass is 556 g/mol. The van der Waals surface area contributed by atoms with E-state index in [2.05, 4.69) is 16.0 Å². The topological polar surface area (TPSA) is 99.1 Å². The minimum absolute atomic E-state index is 0.233. The van der Waals surface area contributed by atoms with Gasteiger partial charge in [0.1, 0.15) is 16.8 Å². The average molecular weight is 557 g/mol. The van der Waals surface area contributed by atoms with E-state index in [-0.39, 0.29) is 5.56 Å². The molecule has 7 nitrogen and oxygen atoms in total. The lowest BCUT2D eigenvalue weighted by molar-refractivity contribution is 0.815. The Morgan fingerprint density at radius 2 is 1.68 bits per heavy atom. The molecule has 2 aromatic carbocycles. The number of rotatable bonds is 2. The lowest BCUT2D eigenvalue weighted by Gasteiger charge is -2.23. The van der Waals surface area contributed by atoms with E-state index in [1.165, 1.54) is 22.1 Å². The minimum atomic E-state index is -0.233. The van der Waals surface area contributed by atoms with Gasteiger partial charge in [-0.3, -0.25) is 4.79 Å². The quantitative estimate of drug-likeness (QED) is 0.255. The molecule has 0 radical (unpaired) electrons. The first-order valence-electron chi connectivity index (χ1n) is 12.0. The van der Waals surface area contributed by atoms with Crippen LogP contribution in [0.25, 0.3) is 49.1 Å². The van der Waals surface area contributed by atoms with Crippen molar-refractivity contribution < 1.29 is 0 Å². The molecule has 0 saturated carbocycles. The van der Waals surface area contributed by atoms with Crippen LogP contribution >= 0.6 is 34.5 Å². The molecular formula is C28H18Cl2N6OS. The van der Waals surface area contributed by atoms with Crippen molar-refractivity contribution in [1.29, 1.82) is 0 Å². The van der Waals surface area contributed by atoms with Crippen molar-refractivity contribution in [1.82, 2.24) is 24.3 Å². The van der Waals surface area contributed by atoms with Gasteiger partial charge in [0.2, 0.25) is 4.96 Å². The summed E-state index contributed by atoms with van der Waals surface area (Å²) < 4.78 is 2.13. The van der Waals surface area contributed by atoms with E-state index in [1.807, 2.05) is 48.5 Å². The summed E-state index contributed by atoms with van der Waals surface area (Å²) in [6.07, 6.45) is 6.09.